The maximum absolute atomic E-state index is 5.81. The highest BCUT2D eigenvalue weighted by Gasteiger charge is 2.45. The Bertz CT molecular complexity index is 367. The molecule has 0 aliphatic carbocycles. The van der Waals surface area contributed by atoms with Gasteiger partial charge in [0.2, 0.25) is 0 Å². The third-order valence-electron chi connectivity index (χ3n) is 2.79. The minimum Gasteiger partial charge on any atom is -0.343 e. The molecular weight excluding hydrogens is 200 g/mol. The van der Waals surface area contributed by atoms with Gasteiger partial charge in [0.1, 0.15) is 6.61 Å². The SMILES string of the molecule is C=Cc1cccc(COC2(CCC)CO2)c1. The Hall–Kier alpha value is -1.12. The smallest absolute Gasteiger partial charge is 0.192 e. The fourth-order valence-corrected chi connectivity index (χ4v) is 1.79. The molecule has 2 heteroatoms. The van der Waals surface area contributed by atoms with Crippen LogP contribution in [0.3, 0.4) is 0 Å². The lowest BCUT2D eigenvalue weighted by molar-refractivity contribution is -0.0593. The van der Waals surface area contributed by atoms with Crippen LogP contribution < -0.4 is 0 Å². The number of hydrogen-bond acceptors (Lipinski definition) is 2. The lowest BCUT2D eigenvalue weighted by atomic mass is 10.1. The van der Waals surface area contributed by atoms with E-state index in [9.17, 15) is 0 Å². The first-order chi connectivity index (χ1) is 7.78. The molecule has 1 aliphatic rings. The Labute approximate surface area is 96.9 Å². The molecule has 1 fully saturated rings. The van der Waals surface area contributed by atoms with E-state index in [4.69, 9.17) is 9.47 Å². The van der Waals surface area contributed by atoms with Crippen molar-refractivity contribution in [2.45, 2.75) is 32.2 Å². The average Bonchev–Trinajstić information content (AvgIpc) is 3.08. The summed E-state index contributed by atoms with van der Waals surface area (Å²) in [4.78, 5) is 0. The van der Waals surface area contributed by atoms with Crippen molar-refractivity contribution in [1.29, 1.82) is 0 Å². The molecule has 1 atom stereocenters. The number of hydrogen-bond donors (Lipinski definition) is 0. The van der Waals surface area contributed by atoms with Crippen molar-refractivity contribution < 1.29 is 9.47 Å². The van der Waals surface area contributed by atoms with Crippen LogP contribution in [0, 0.1) is 0 Å². The van der Waals surface area contributed by atoms with Gasteiger partial charge >= 0.3 is 0 Å². The van der Waals surface area contributed by atoms with Crippen LogP contribution in [0.1, 0.15) is 30.9 Å². The third-order valence-corrected chi connectivity index (χ3v) is 2.79. The molecule has 0 N–H and O–H groups in total. The van der Waals surface area contributed by atoms with Gasteiger partial charge in [0.05, 0.1) is 6.61 Å². The lowest BCUT2D eigenvalue weighted by Gasteiger charge is -2.12. The highest BCUT2D eigenvalue weighted by molar-refractivity contribution is 5.47. The molecule has 0 spiro atoms. The molecule has 1 heterocycles. The van der Waals surface area contributed by atoms with Gasteiger partial charge in [-0.3, -0.25) is 0 Å². The first kappa shape index (κ1) is 11.4. The lowest BCUT2D eigenvalue weighted by Crippen LogP contribution is -2.15. The molecular formula is C14H18O2. The van der Waals surface area contributed by atoms with E-state index in [2.05, 4.69) is 25.6 Å². The van der Waals surface area contributed by atoms with Crippen molar-refractivity contribution in [1.82, 2.24) is 0 Å². The zero-order valence-electron chi connectivity index (χ0n) is 9.74. The number of epoxide rings is 1. The third kappa shape index (κ3) is 2.71. The van der Waals surface area contributed by atoms with Crippen molar-refractivity contribution in [3.05, 3.63) is 42.0 Å². The molecule has 0 radical (unpaired) electrons. The molecule has 86 valence electrons. The summed E-state index contributed by atoms with van der Waals surface area (Å²) in [7, 11) is 0. The topological polar surface area (TPSA) is 21.8 Å². The summed E-state index contributed by atoms with van der Waals surface area (Å²) < 4.78 is 11.2. The zero-order valence-corrected chi connectivity index (χ0v) is 9.74. The van der Waals surface area contributed by atoms with Crippen LogP contribution in [0.5, 0.6) is 0 Å². The minimum absolute atomic E-state index is 0.279. The van der Waals surface area contributed by atoms with Crippen molar-refractivity contribution >= 4 is 6.08 Å². The quantitative estimate of drug-likeness (QED) is 0.683. The molecule has 16 heavy (non-hydrogen) atoms. The average molecular weight is 218 g/mol. The highest BCUT2D eigenvalue weighted by atomic mass is 16.8. The minimum atomic E-state index is -0.279. The van der Waals surface area contributed by atoms with E-state index in [-0.39, 0.29) is 5.79 Å². The maximum Gasteiger partial charge on any atom is 0.192 e. The predicted octanol–water partition coefficient (Wildman–Crippen LogP) is 3.37. The summed E-state index contributed by atoms with van der Waals surface area (Å²) in [5.74, 6) is -0.279. The first-order valence-electron chi connectivity index (χ1n) is 5.77. The van der Waals surface area contributed by atoms with Crippen LogP contribution >= 0.6 is 0 Å². The number of ether oxygens (including phenoxy) is 2. The number of benzene rings is 1. The van der Waals surface area contributed by atoms with Crippen molar-refractivity contribution in [2.75, 3.05) is 6.61 Å². The van der Waals surface area contributed by atoms with Gasteiger partial charge in [-0.1, -0.05) is 44.2 Å². The van der Waals surface area contributed by atoms with Gasteiger partial charge in [-0.2, -0.15) is 0 Å². The van der Waals surface area contributed by atoms with E-state index in [0.717, 1.165) is 25.0 Å². The Morgan fingerprint density at radius 2 is 2.38 bits per heavy atom. The van der Waals surface area contributed by atoms with Crippen LogP contribution in [0.4, 0.5) is 0 Å². The second kappa shape index (κ2) is 4.81. The first-order valence-corrected chi connectivity index (χ1v) is 5.77. The molecule has 1 saturated heterocycles. The van der Waals surface area contributed by atoms with E-state index < -0.39 is 0 Å². The van der Waals surface area contributed by atoms with Gasteiger partial charge < -0.3 is 9.47 Å². The molecule has 0 bridgehead atoms. The van der Waals surface area contributed by atoms with Crippen molar-refractivity contribution in [3.8, 4) is 0 Å². The molecule has 0 aromatic heterocycles. The molecule has 2 rings (SSSR count). The van der Waals surface area contributed by atoms with E-state index in [0.29, 0.717) is 6.61 Å². The van der Waals surface area contributed by atoms with Crippen molar-refractivity contribution in [3.63, 3.8) is 0 Å². The largest absolute Gasteiger partial charge is 0.343 e. The predicted molar refractivity (Wildman–Crippen MR) is 64.9 cm³/mol. The summed E-state index contributed by atoms with van der Waals surface area (Å²) in [6, 6.07) is 8.21. The Morgan fingerprint density at radius 1 is 1.56 bits per heavy atom. The standard InChI is InChI=1S/C14H18O2/c1-3-8-14(11-16-14)15-10-13-7-5-6-12(4-2)9-13/h4-7,9H,2-3,8,10-11H2,1H3. The van der Waals surface area contributed by atoms with Gasteiger partial charge in [-0.25, -0.2) is 0 Å². The molecule has 0 amide bonds. The normalized spacial score (nSPS) is 23.1. The van der Waals surface area contributed by atoms with Crippen LogP contribution in [-0.2, 0) is 16.1 Å². The van der Waals surface area contributed by atoms with Gasteiger partial charge in [-0.05, 0) is 17.2 Å². The monoisotopic (exact) mass is 218 g/mol. The van der Waals surface area contributed by atoms with E-state index in [1.54, 1.807) is 0 Å². The number of rotatable bonds is 6. The molecule has 2 nitrogen and oxygen atoms in total. The second-order valence-corrected chi connectivity index (χ2v) is 4.19. The summed E-state index contributed by atoms with van der Waals surface area (Å²) >= 11 is 0. The fourth-order valence-electron chi connectivity index (χ4n) is 1.79. The highest BCUT2D eigenvalue weighted by Crippen LogP contribution is 2.34. The van der Waals surface area contributed by atoms with Crippen LogP contribution in [0.15, 0.2) is 30.8 Å². The van der Waals surface area contributed by atoms with Crippen LogP contribution in [0.25, 0.3) is 6.08 Å². The molecule has 1 aliphatic heterocycles. The zero-order chi connectivity index (χ0) is 11.4. The Balaban J connectivity index is 1.91. The van der Waals surface area contributed by atoms with Crippen molar-refractivity contribution in [2.24, 2.45) is 0 Å². The molecule has 0 saturated carbocycles. The summed E-state index contributed by atoms with van der Waals surface area (Å²) in [6.07, 6.45) is 3.92. The second-order valence-electron chi connectivity index (χ2n) is 4.19. The summed E-state index contributed by atoms with van der Waals surface area (Å²) in [6.45, 7) is 7.25. The van der Waals surface area contributed by atoms with Gasteiger partial charge in [0, 0.05) is 6.42 Å². The molecule has 1 unspecified atom stereocenters. The summed E-state index contributed by atoms with van der Waals surface area (Å²) in [5, 5.41) is 0. The summed E-state index contributed by atoms with van der Waals surface area (Å²) in [5.41, 5.74) is 2.30. The fraction of sp³-hybridized carbons (Fsp3) is 0.429. The Morgan fingerprint density at radius 3 is 3.00 bits per heavy atom. The van der Waals surface area contributed by atoms with Crippen LogP contribution in [-0.4, -0.2) is 12.4 Å². The van der Waals surface area contributed by atoms with Gasteiger partial charge in [0.15, 0.2) is 5.79 Å². The van der Waals surface area contributed by atoms with Crippen LogP contribution in [0.2, 0.25) is 0 Å². The molecule has 1 aromatic rings. The van der Waals surface area contributed by atoms with Gasteiger partial charge in [0.25, 0.3) is 0 Å². The van der Waals surface area contributed by atoms with E-state index >= 15 is 0 Å². The van der Waals surface area contributed by atoms with E-state index in [1.807, 2.05) is 18.2 Å². The Kier molecular flexibility index (Phi) is 3.42. The van der Waals surface area contributed by atoms with E-state index in [1.165, 1.54) is 5.56 Å². The molecule has 1 aromatic carbocycles. The van der Waals surface area contributed by atoms with Gasteiger partial charge in [-0.15, -0.1) is 0 Å². The maximum atomic E-state index is 5.81.